The van der Waals surface area contributed by atoms with Crippen molar-refractivity contribution >= 4 is 11.8 Å². The molecule has 1 atom stereocenters. The van der Waals surface area contributed by atoms with Crippen LogP contribution in [0.5, 0.6) is 0 Å². The van der Waals surface area contributed by atoms with Gasteiger partial charge in [-0.3, -0.25) is 9.59 Å². The van der Waals surface area contributed by atoms with Crippen LogP contribution >= 0.6 is 0 Å². The molecule has 4 nitrogen and oxygen atoms in total. The number of esters is 1. The zero-order chi connectivity index (χ0) is 10.6. The van der Waals surface area contributed by atoms with Gasteiger partial charge in [-0.2, -0.15) is 0 Å². The summed E-state index contributed by atoms with van der Waals surface area (Å²) in [4.78, 5) is 22.7. The summed E-state index contributed by atoms with van der Waals surface area (Å²) in [6.45, 7) is 3.47. The molecule has 0 aliphatic heterocycles. The van der Waals surface area contributed by atoms with E-state index in [1.54, 1.807) is 13.0 Å². The highest BCUT2D eigenvalue weighted by Crippen LogP contribution is 2.10. The Morgan fingerprint density at radius 3 is 2.79 bits per heavy atom. The van der Waals surface area contributed by atoms with Crippen LogP contribution in [-0.4, -0.2) is 18.4 Å². The monoisotopic (exact) mass is 196 g/mol. The van der Waals surface area contributed by atoms with Crippen molar-refractivity contribution in [3.05, 3.63) is 24.2 Å². The summed E-state index contributed by atoms with van der Waals surface area (Å²) in [7, 11) is 0. The normalized spacial score (nSPS) is 12.1. The largest absolute Gasteiger partial charge is 0.465 e. The summed E-state index contributed by atoms with van der Waals surface area (Å²) in [5.74, 6) is -1.49. The van der Waals surface area contributed by atoms with Crippen LogP contribution in [0.2, 0.25) is 0 Å². The molecule has 1 heterocycles. The van der Waals surface area contributed by atoms with E-state index in [1.165, 1.54) is 19.3 Å². The van der Waals surface area contributed by atoms with Crippen molar-refractivity contribution in [2.45, 2.75) is 13.8 Å². The standard InChI is InChI=1S/C10H12O4/c1-3-13-10(12)7(2)9(11)8-5-4-6-14-8/h4-7H,3H2,1-2H3/t7-/m0/s1. The number of Topliss-reactive ketones (excluding diaryl/α,β-unsaturated/α-hetero) is 1. The second-order valence-corrected chi connectivity index (χ2v) is 2.82. The van der Waals surface area contributed by atoms with Crippen LogP contribution in [0.4, 0.5) is 0 Å². The summed E-state index contributed by atoms with van der Waals surface area (Å²) in [6, 6.07) is 3.13. The van der Waals surface area contributed by atoms with Gasteiger partial charge in [0.1, 0.15) is 5.92 Å². The molecule has 0 saturated carbocycles. The minimum atomic E-state index is -0.805. The van der Waals surface area contributed by atoms with Crippen molar-refractivity contribution < 1.29 is 18.7 Å². The van der Waals surface area contributed by atoms with E-state index in [0.717, 1.165) is 0 Å². The Morgan fingerprint density at radius 1 is 1.57 bits per heavy atom. The molecule has 0 aliphatic carbocycles. The molecule has 0 aromatic carbocycles. The first kappa shape index (κ1) is 10.5. The maximum absolute atomic E-state index is 11.5. The summed E-state index contributed by atoms with van der Waals surface area (Å²) in [5.41, 5.74) is 0. The fourth-order valence-corrected chi connectivity index (χ4v) is 1.01. The summed E-state index contributed by atoms with van der Waals surface area (Å²) >= 11 is 0. The highest BCUT2D eigenvalue weighted by molar-refractivity contribution is 6.06. The summed E-state index contributed by atoms with van der Waals surface area (Å²) in [5, 5.41) is 0. The first-order chi connectivity index (χ1) is 6.66. The van der Waals surface area contributed by atoms with Gasteiger partial charge in [-0.1, -0.05) is 0 Å². The zero-order valence-electron chi connectivity index (χ0n) is 8.15. The van der Waals surface area contributed by atoms with Crippen molar-refractivity contribution in [1.29, 1.82) is 0 Å². The van der Waals surface area contributed by atoms with Crippen LogP contribution in [0.15, 0.2) is 22.8 Å². The quantitative estimate of drug-likeness (QED) is 0.417. The molecule has 1 aromatic heterocycles. The maximum atomic E-state index is 11.5. The molecule has 0 fully saturated rings. The van der Waals surface area contributed by atoms with Crippen molar-refractivity contribution in [2.75, 3.05) is 6.61 Å². The Balaban J connectivity index is 2.66. The Labute approximate surface area is 81.9 Å². The SMILES string of the molecule is CCOC(=O)[C@@H](C)C(=O)c1ccco1. The van der Waals surface area contributed by atoms with Gasteiger partial charge < -0.3 is 9.15 Å². The number of ether oxygens (including phenoxy) is 1. The van der Waals surface area contributed by atoms with Gasteiger partial charge in [-0.15, -0.1) is 0 Å². The Hall–Kier alpha value is -1.58. The number of carbonyl (C=O) groups excluding carboxylic acids is 2. The highest BCUT2D eigenvalue weighted by Gasteiger charge is 2.25. The van der Waals surface area contributed by atoms with Crippen molar-refractivity contribution in [2.24, 2.45) is 5.92 Å². The molecule has 0 radical (unpaired) electrons. The van der Waals surface area contributed by atoms with Gasteiger partial charge in [0.2, 0.25) is 5.78 Å². The summed E-state index contributed by atoms with van der Waals surface area (Å²) < 4.78 is 9.61. The molecule has 0 saturated heterocycles. The van der Waals surface area contributed by atoms with Crippen LogP contribution in [0.25, 0.3) is 0 Å². The van der Waals surface area contributed by atoms with Gasteiger partial charge in [-0.05, 0) is 26.0 Å². The van der Waals surface area contributed by atoms with E-state index < -0.39 is 11.9 Å². The number of carbonyl (C=O) groups is 2. The predicted molar refractivity (Wildman–Crippen MR) is 48.8 cm³/mol. The Kier molecular flexibility index (Phi) is 3.45. The molecule has 1 rings (SSSR count). The fourth-order valence-electron chi connectivity index (χ4n) is 1.01. The topological polar surface area (TPSA) is 56.5 Å². The smallest absolute Gasteiger partial charge is 0.316 e. The maximum Gasteiger partial charge on any atom is 0.316 e. The fraction of sp³-hybridized carbons (Fsp3) is 0.400. The third kappa shape index (κ3) is 2.22. The van der Waals surface area contributed by atoms with Crippen LogP contribution in [0, 0.1) is 5.92 Å². The van der Waals surface area contributed by atoms with Gasteiger partial charge >= 0.3 is 5.97 Å². The minimum Gasteiger partial charge on any atom is -0.465 e. The molecule has 76 valence electrons. The number of hydrogen-bond acceptors (Lipinski definition) is 4. The lowest BCUT2D eigenvalue weighted by Crippen LogP contribution is -2.23. The number of hydrogen-bond donors (Lipinski definition) is 0. The van der Waals surface area contributed by atoms with Gasteiger partial charge in [-0.25, -0.2) is 0 Å². The van der Waals surface area contributed by atoms with E-state index in [2.05, 4.69) is 0 Å². The molecule has 1 aromatic rings. The van der Waals surface area contributed by atoms with Crippen LogP contribution in [-0.2, 0) is 9.53 Å². The van der Waals surface area contributed by atoms with E-state index >= 15 is 0 Å². The third-order valence-electron chi connectivity index (χ3n) is 1.80. The van der Waals surface area contributed by atoms with Crippen molar-refractivity contribution in [3.8, 4) is 0 Å². The first-order valence-electron chi connectivity index (χ1n) is 4.41. The molecular formula is C10H12O4. The average molecular weight is 196 g/mol. The molecule has 0 N–H and O–H groups in total. The minimum absolute atomic E-state index is 0.186. The zero-order valence-corrected chi connectivity index (χ0v) is 8.15. The number of ketones is 1. The van der Waals surface area contributed by atoms with E-state index in [1.807, 2.05) is 0 Å². The van der Waals surface area contributed by atoms with Crippen molar-refractivity contribution in [1.82, 2.24) is 0 Å². The van der Waals surface area contributed by atoms with E-state index in [9.17, 15) is 9.59 Å². The number of rotatable bonds is 4. The average Bonchev–Trinajstić information content (AvgIpc) is 2.68. The summed E-state index contributed by atoms with van der Waals surface area (Å²) in [6.07, 6.45) is 1.39. The van der Waals surface area contributed by atoms with Gasteiger partial charge in [0.25, 0.3) is 0 Å². The van der Waals surface area contributed by atoms with Crippen LogP contribution < -0.4 is 0 Å². The highest BCUT2D eigenvalue weighted by atomic mass is 16.5. The van der Waals surface area contributed by atoms with E-state index in [-0.39, 0.29) is 18.2 Å². The van der Waals surface area contributed by atoms with Gasteiger partial charge in [0.05, 0.1) is 12.9 Å². The molecule has 0 unspecified atom stereocenters. The molecular weight excluding hydrogens is 184 g/mol. The molecule has 0 bridgehead atoms. The Morgan fingerprint density at radius 2 is 2.29 bits per heavy atom. The first-order valence-corrected chi connectivity index (χ1v) is 4.41. The molecule has 0 amide bonds. The molecule has 0 aliphatic rings. The number of furan rings is 1. The lowest BCUT2D eigenvalue weighted by molar-refractivity contribution is -0.145. The molecule has 0 spiro atoms. The van der Waals surface area contributed by atoms with Crippen LogP contribution in [0.3, 0.4) is 0 Å². The lowest BCUT2D eigenvalue weighted by Gasteiger charge is -2.06. The molecule has 14 heavy (non-hydrogen) atoms. The third-order valence-corrected chi connectivity index (χ3v) is 1.80. The Bertz CT molecular complexity index is 313. The van der Waals surface area contributed by atoms with E-state index in [0.29, 0.717) is 0 Å². The molecule has 4 heteroatoms. The second kappa shape index (κ2) is 4.60. The van der Waals surface area contributed by atoms with Crippen LogP contribution in [0.1, 0.15) is 24.4 Å². The van der Waals surface area contributed by atoms with Gasteiger partial charge in [0, 0.05) is 0 Å². The lowest BCUT2D eigenvalue weighted by atomic mass is 10.1. The predicted octanol–water partition coefficient (Wildman–Crippen LogP) is 1.66. The van der Waals surface area contributed by atoms with Crippen molar-refractivity contribution in [3.63, 3.8) is 0 Å². The van der Waals surface area contributed by atoms with Gasteiger partial charge in [0.15, 0.2) is 5.76 Å². The van der Waals surface area contributed by atoms with E-state index in [4.69, 9.17) is 9.15 Å². The second-order valence-electron chi connectivity index (χ2n) is 2.82.